The van der Waals surface area contributed by atoms with Gasteiger partial charge in [0.2, 0.25) is 0 Å². The molecule has 0 bridgehead atoms. The van der Waals surface area contributed by atoms with Crippen LogP contribution >= 0.6 is 0 Å². The van der Waals surface area contributed by atoms with Crippen LogP contribution in [-0.2, 0) is 23.5 Å². The second kappa shape index (κ2) is 13.8. The van der Waals surface area contributed by atoms with Crippen LogP contribution in [-0.4, -0.2) is 69.8 Å². The molecule has 3 aromatic rings. The van der Waals surface area contributed by atoms with Gasteiger partial charge >= 0.3 is 12.4 Å². The predicted molar refractivity (Wildman–Crippen MR) is 140 cm³/mol. The van der Waals surface area contributed by atoms with Gasteiger partial charge in [0.15, 0.2) is 5.82 Å². The third-order valence-electron chi connectivity index (χ3n) is 7.38. The smallest absolute Gasteiger partial charge is 0.372 e. The number of aromatic amines is 1. The number of tetrazole rings is 1. The van der Waals surface area contributed by atoms with E-state index in [0.717, 1.165) is 81.9 Å². The minimum absolute atomic E-state index is 0.124. The molecule has 1 aliphatic heterocycles. The minimum atomic E-state index is -4.91. The minimum Gasteiger partial charge on any atom is -0.372 e. The van der Waals surface area contributed by atoms with Gasteiger partial charge in [-0.3, -0.25) is 4.90 Å². The molecular weight excluding hydrogens is 550 g/mol. The van der Waals surface area contributed by atoms with Gasteiger partial charge in [-0.05, 0) is 55.6 Å². The number of hydrogen-bond acceptors (Lipinski definition) is 6. The standard InChI is InChI=1S/C28H34F6N6O/c1-20(22-16-23(27(29,30)31)18-24(17-22)28(32,33)34)41-19-25(21-8-4-2-5-9-21)40-14-12-39(13-15-40)11-7-3-6-10-26-35-37-38-36-26/h2,4-5,8-9,16-18,20,25H,3,6-7,10-15,19H2,1H3,(H,35,36,37,38). The topological polar surface area (TPSA) is 70.2 Å². The van der Waals surface area contributed by atoms with Crippen molar-refractivity contribution in [2.75, 3.05) is 39.3 Å². The normalized spacial score (nSPS) is 17.0. The zero-order valence-electron chi connectivity index (χ0n) is 22.8. The summed E-state index contributed by atoms with van der Waals surface area (Å²) in [5.41, 5.74) is -1.87. The summed E-state index contributed by atoms with van der Waals surface area (Å²) >= 11 is 0. The van der Waals surface area contributed by atoms with E-state index in [9.17, 15) is 26.3 Å². The second-order valence-corrected chi connectivity index (χ2v) is 10.3. The molecule has 224 valence electrons. The molecule has 1 aromatic heterocycles. The number of piperazine rings is 1. The van der Waals surface area contributed by atoms with E-state index >= 15 is 0 Å². The van der Waals surface area contributed by atoms with Crippen molar-refractivity contribution >= 4 is 0 Å². The number of hydrogen-bond donors (Lipinski definition) is 1. The van der Waals surface area contributed by atoms with E-state index in [4.69, 9.17) is 4.74 Å². The van der Waals surface area contributed by atoms with Crippen LogP contribution in [0.15, 0.2) is 48.5 Å². The van der Waals surface area contributed by atoms with Gasteiger partial charge in [0.1, 0.15) is 0 Å². The van der Waals surface area contributed by atoms with Crippen molar-refractivity contribution in [1.82, 2.24) is 30.4 Å². The number of aromatic nitrogens is 4. The van der Waals surface area contributed by atoms with Gasteiger partial charge in [0, 0.05) is 32.6 Å². The van der Waals surface area contributed by atoms with Crippen LogP contribution in [0.5, 0.6) is 0 Å². The highest BCUT2D eigenvalue weighted by atomic mass is 19.4. The molecule has 2 unspecified atom stereocenters. The van der Waals surface area contributed by atoms with Crippen molar-refractivity contribution in [1.29, 1.82) is 0 Å². The van der Waals surface area contributed by atoms with Crippen LogP contribution < -0.4 is 0 Å². The zero-order valence-corrected chi connectivity index (χ0v) is 22.8. The maximum atomic E-state index is 13.4. The van der Waals surface area contributed by atoms with Gasteiger partial charge in [0.25, 0.3) is 0 Å². The molecule has 13 heteroatoms. The van der Waals surface area contributed by atoms with Crippen LogP contribution in [0.4, 0.5) is 26.3 Å². The van der Waals surface area contributed by atoms with Crippen LogP contribution in [0.3, 0.4) is 0 Å². The molecule has 2 atom stereocenters. The summed E-state index contributed by atoms with van der Waals surface area (Å²) in [6, 6.07) is 11.0. The number of rotatable bonds is 12. The highest BCUT2D eigenvalue weighted by Crippen LogP contribution is 2.38. The number of nitrogens with zero attached hydrogens (tertiary/aromatic N) is 5. The predicted octanol–water partition coefficient (Wildman–Crippen LogP) is 6.09. The Bertz CT molecular complexity index is 1160. The van der Waals surface area contributed by atoms with Crippen LogP contribution in [0.1, 0.15) is 66.4 Å². The molecule has 1 N–H and O–H groups in total. The molecule has 1 aliphatic rings. The number of aryl methyl sites for hydroxylation is 1. The Balaban J connectivity index is 1.35. The highest BCUT2D eigenvalue weighted by molar-refractivity contribution is 5.34. The molecule has 0 aliphatic carbocycles. The van der Waals surface area contributed by atoms with Gasteiger partial charge < -0.3 is 9.64 Å². The van der Waals surface area contributed by atoms with E-state index in [1.165, 1.54) is 6.92 Å². The van der Waals surface area contributed by atoms with Crippen molar-refractivity contribution in [3.63, 3.8) is 0 Å². The Hall–Kier alpha value is -3.03. The van der Waals surface area contributed by atoms with E-state index in [1.54, 1.807) is 0 Å². The van der Waals surface area contributed by atoms with Gasteiger partial charge in [-0.15, -0.1) is 10.2 Å². The van der Waals surface area contributed by atoms with E-state index in [1.807, 2.05) is 30.3 Å². The van der Waals surface area contributed by atoms with Crippen LogP contribution in [0, 0.1) is 0 Å². The molecule has 0 saturated carbocycles. The van der Waals surface area contributed by atoms with Gasteiger partial charge in [-0.25, -0.2) is 0 Å². The van der Waals surface area contributed by atoms with Crippen molar-refractivity contribution < 1.29 is 31.1 Å². The van der Waals surface area contributed by atoms with E-state index in [2.05, 4.69) is 30.4 Å². The SMILES string of the molecule is CC(OCC(c1ccccc1)N1CCN(CCCCCc2nn[nH]n2)CC1)c1cc(C(F)(F)F)cc(C(F)(F)F)c1. The van der Waals surface area contributed by atoms with E-state index in [0.29, 0.717) is 0 Å². The summed E-state index contributed by atoms with van der Waals surface area (Å²) < 4.78 is 86.1. The van der Waals surface area contributed by atoms with Gasteiger partial charge in [0.05, 0.1) is 29.9 Å². The lowest BCUT2D eigenvalue weighted by atomic mass is 10.0. The largest absolute Gasteiger partial charge is 0.416 e. The summed E-state index contributed by atoms with van der Waals surface area (Å²) in [6.07, 6.45) is -6.90. The highest BCUT2D eigenvalue weighted by Gasteiger charge is 2.37. The molecule has 0 radical (unpaired) electrons. The first-order chi connectivity index (χ1) is 19.5. The molecule has 41 heavy (non-hydrogen) atoms. The monoisotopic (exact) mass is 584 g/mol. The molecular formula is C28H34F6N6O. The number of unbranched alkanes of at least 4 members (excludes halogenated alkanes) is 2. The fraction of sp³-hybridized carbons (Fsp3) is 0.536. The lowest BCUT2D eigenvalue weighted by Crippen LogP contribution is -2.48. The molecule has 0 spiro atoms. The second-order valence-electron chi connectivity index (χ2n) is 10.3. The Kier molecular flexibility index (Phi) is 10.4. The van der Waals surface area contributed by atoms with Crippen molar-refractivity contribution in [3.05, 3.63) is 76.6 Å². The van der Waals surface area contributed by atoms with E-state index in [-0.39, 0.29) is 24.3 Å². The molecule has 7 nitrogen and oxygen atoms in total. The van der Waals surface area contributed by atoms with E-state index < -0.39 is 29.6 Å². The van der Waals surface area contributed by atoms with Gasteiger partial charge in [-0.1, -0.05) is 42.0 Å². The van der Waals surface area contributed by atoms with Crippen molar-refractivity contribution in [2.24, 2.45) is 0 Å². The number of H-pyrrole nitrogens is 1. The van der Waals surface area contributed by atoms with Crippen molar-refractivity contribution in [3.8, 4) is 0 Å². The fourth-order valence-corrected chi connectivity index (χ4v) is 5.02. The summed E-state index contributed by atoms with van der Waals surface area (Å²) in [4.78, 5) is 4.67. The quantitative estimate of drug-likeness (QED) is 0.205. The third kappa shape index (κ3) is 8.98. The number of halogens is 6. The first-order valence-electron chi connectivity index (χ1n) is 13.7. The maximum absolute atomic E-state index is 13.4. The Morgan fingerprint density at radius 1 is 0.854 bits per heavy atom. The number of nitrogens with one attached hydrogen (secondary N) is 1. The first-order valence-corrected chi connectivity index (χ1v) is 13.7. The molecule has 0 amide bonds. The zero-order chi connectivity index (χ0) is 29.5. The molecule has 1 fully saturated rings. The Morgan fingerprint density at radius 3 is 2.10 bits per heavy atom. The average Bonchev–Trinajstić information content (AvgIpc) is 3.47. The summed E-state index contributed by atoms with van der Waals surface area (Å²) in [5.74, 6) is 0.718. The molecule has 2 heterocycles. The lowest BCUT2D eigenvalue weighted by Gasteiger charge is -2.39. The summed E-state index contributed by atoms with van der Waals surface area (Å²) in [7, 11) is 0. The average molecular weight is 585 g/mol. The fourth-order valence-electron chi connectivity index (χ4n) is 5.02. The maximum Gasteiger partial charge on any atom is 0.416 e. The van der Waals surface area contributed by atoms with Crippen LogP contribution in [0.25, 0.3) is 0 Å². The van der Waals surface area contributed by atoms with Crippen molar-refractivity contribution in [2.45, 2.75) is 57.1 Å². The van der Waals surface area contributed by atoms with Crippen LogP contribution in [0.2, 0.25) is 0 Å². The first kappa shape index (κ1) is 30.9. The lowest BCUT2D eigenvalue weighted by molar-refractivity contribution is -0.143. The molecule has 1 saturated heterocycles. The Labute approximate surface area is 234 Å². The summed E-state index contributed by atoms with van der Waals surface area (Å²) in [5, 5.41) is 13.9. The third-order valence-corrected chi connectivity index (χ3v) is 7.38. The van der Waals surface area contributed by atoms with Gasteiger partial charge in [-0.2, -0.15) is 31.6 Å². The number of ether oxygens (including phenoxy) is 1. The molecule has 4 rings (SSSR count). The number of alkyl halides is 6. The molecule has 2 aromatic carbocycles. The summed E-state index contributed by atoms with van der Waals surface area (Å²) in [6.45, 7) is 5.82. The number of benzene rings is 2. The Morgan fingerprint density at radius 2 is 1.51 bits per heavy atom.